The number of nitrogens with two attached hydrogens (primary N) is 1. The second-order valence-corrected chi connectivity index (χ2v) is 9.79. The average Bonchev–Trinajstić information content (AvgIpc) is 2.67. The third kappa shape index (κ3) is 3.46. The van der Waals surface area contributed by atoms with Crippen LogP contribution in [-0.4, -0.2) is 5.78 Å². The van der Waals surface area contributed by atoms with E-state index in [1.54, 1.807) is 0 Å². The molecule has 5 heteroatoms. The number of carbonyl (C=O) groups is 1. The molecule has 30 heavy (non-hydrogen) atoms. The highest BCUT2D eigenvalue weighted by atomic mass is 79.9. The molecule has 2 aromatic carbocycles. The summed E-state index contributed by atoms with van der Waals surface area (Å²) in [5.41, 5.74) is 11.4. The Labute approximate surface area is 185 Å². The van der Waals surface area contributed by atoms with E-state index in [1.807, 2.05) is 60.4 Å². The molecule has 0 fully saturated rings. The molecule has 1 atom stereocenters. The van der Waals surface area contributed by atoms with Crippen LogP contribution in [0.3, 0.4) is 0 Å². The van der Waals surface area contributed by atoms with E-state index in [-0.39, 0.29) is 11.2 Å². The summed E-state index contributed by atoms with van der Waals surface area (Å²) in [6, 6.07) is 18.1. The van der Waals surface area contributed by atoms with Gasteiger partial charge in [-0.1, -0.05) is 54.0 Å². The number of halogens is 1. The van der Waals surface area contributed by atoms with Crippen molar-refractivity contribution >= 4 is 27.4 Å². The Morgan fingerprint density at radius 3 is 2.50 bits per heavy atom. The summed E-state index contributed by atoms with van der Waals surface area (Å²) in [5.74, 6) is 0.0510. The molecule has 0 unspecified atom stereocenters. The highest BCUT2D eigenvalue weighted by Crippen LogP contribution is 2.50. The Hall–Kier alpha value is -2.84. The molecule has 2 aliphatic rings. The van der Waals surface area contributed by atoms with Crippen LogP contribution in [0.5, 0.6) is 0 Å². The van der Waals surface area contributed by atoms with Crippen molar-refractivity contribution in [2.45, 2.75) is 39.5 Å². The molecule has 4 rings (SSSR count). The molecule has 0 aromatic heterocycles. The zero-order valence-electron chi connectivity index (χ0n) is 17.4. The average molecular weight is 462 g/mol. The molecule has 0 bridgehead atoms. The van der Waals surface area contributed by atoms with Crippen LogP contribution >= 0.6 is 15.9 Å². The lowest BCUT2D eigenvalue weighted by Crippen LogP contribution is -2.42. The minimum atomic E-state index is -0.442. The van der Waals surface area contributed by atoms with Gasteiger partial charge in [0.1, 0.15) is 5.82 Å². The van der Waals surface area contributed by atoms with Gasteiger partial charge in [-0.2, -0.15) is 5.26 Å². The van der Waals surface area contributed by atoms with Crippen LogP contribution in [0.1, 0.15) is 43.7 Å². The maximum absolute atomic E-state index is 13.4. The second kappa shape index (κ2) is 7.45. The third-order valence-corrected chi connectivity index (χ3v) is 6.37. The first kappa shape index (κ1) is 20.4. The normalized spacial score (nSPS) is 20.8. The SMILES string of the molecule is Cc1cccc(N2C(N)=C(C#N)[C@H](c3ccc(Br)cc3)C3=C2CC(C)(C)CC3=O)c1. The van der Waals surface area contributed by atoms with Gasteiger partial charge in [-0.15, -0.1) is 0 Å². The van der Waals surface area contributed by atoms with Crippen molar-refractivity contribution in [2.24, 2.45) is 11.1 Å². The Kier molecular flexibility index (Phi) is 5.07. The number of rotatable bonds is 2. The van der Waals surface area contributed by atoms with Crippen LogP contribution in [0.15, 0.2) is 75.7 Å². The zero-order chi connectivity index (χ0) is 21.6. The summed E-state index contributed by atoms with van der Waals surface area (Å²) in [7, 11) is 0. The van der Waals surface area contributed by atoms with Gasteiger partial charge in [0.05, 0.1) is 17.6 Å². The van der Waals surface area contributed by atoms with Gasteiger partial charge in [0, 0.05) is 27.9 Å². The summed E-state index contributed by atoms with van der Waals surface area (Å²) in [6.07, 6.45) is 1.17. The van der Waals surface area contributed by atoms with Crippen LogP contribution in [0.4, 0.5) is 5.69 Å². The Balaban J connectivity index is 2.00. The van der Waals surface area contributed by atoms with Crippen molar-refractivity contribution in [3.8, 4) is 6.07 Å². The summed E-state index contributed by atoms with van der Waals surface area (Å²) < 4.78 is 0.948. The molecule has 152 valence electrons. The van der Waals surface area contributed by atoms with E-state index < -0.39 is 5.92 Å². The predicted octanol–water partition coefficient (Wildman–Crippen LogP) is 5.70. The molecular weight excluding hydrogens is 438 g/mol. The van der Waals surface area contributed by atoms with Crippen LogP contribution < -0.4 is 10.6 Å². The maximum Gasteiger partial charge on any atom is 0.162 e. The molecule has 2 N–H and O–H groups in total. The minimum Gasteiger partial charge on any atom is -0.384 e. The number of benzene rings is 2. The molecule has 4 nitrogen and oxygen atoms in total. The summed E-state index contributed by atoms with van der Waals surface area (Å²) in [4.78, 5) is 15.4. The summed E-state index contributed by atoms with van der Waals surface area (Å²) >= 11 is 3.47. The number of anilines is 1. The lowest BCUT2D eigenvalue weighted by Gasteiger charge is -2.43. The van der Waals surface area contributed by atoms with Gasteiger partial charge in [-0.25, -0.2) is 0 Å². The number of hydrogen-bond acceptors (Lipinski definition) is 4. The quantitative estimate of drug-likeness (QED) is 0.622. The topological polar surface area (TPSA) is 70.1 Å². The van der Waals surface area contributed by atoms with Gasteiger partial charge < -0.3 is 5.73 Å². The van der Waals surface area contributed by atoms with Crippen molar-refractivity contribution in [3.05, 3.63) is 86.8 Å². The van der Waals surface area contributed by atoms with Crippen molar-refractivity contribution in [3.63, 3.8) is 0 Å². The number of hydrogen-bond donors (Lipinski definition) is 1. The fraction of sp³-hybridized carbons (Fsp3) is 0.280. The zero-order valence-corrected chi connectivity index (χ0v) is 19.0. The first-order valence-electron chi connectivity index (χ1n) is 10.00. The number of ketones is 1. The van der Waals surface area contributed by atoms with Gasteiger partial charge in [-0.3, -0.25) is 9.69 Å². The smallest absolute Gasteiger partial charge is 0.162 e. The first-order chi connectivity index (χ1) is 14.2. The largest absolute Gasteiger partial charge is 0.384 e. The molecule has 0 radical (unpaired) electrons. The number of nitriles is 1. The Bertz CT molecular complexity index is 1140. The molecule has 1 aliphatic carbocycles. The number of carbonyl (C=O) groups excluding carboxylic acids is 1. The first-order valence-corrected chi connectivity index (χ1v) is 10.8. The lowest BCUT2D eigenvalue weighted by molar-refractivity contribution is -0.118. The molecule has 0 amide bonds. The predicted molar refractivity (Wildman–Crippen MR) is 122 cm³/mol. The van der Waals surface area contributed by atoms with E-state index in [0.717, 1.165) is 27.0 Å². The molecule has 0 spiro atoms. The molecule has 1 heterocycles. The molecular formula is C25H24BrN3O. The van der Waals surface area contributed by atoms with E-state index in [4.69, 9.17) is 5.73 Å². The van der Waals surface area contributed by atoms with E-state index in [0.29, 0.717) is 29.8 Å². The monoisotopic (exact) mass is 461 g/mol. The number of aryl methyl sites for hydroxylation is 1. The van der Waals surface area contributed by atoms with Crippen molar-refractivity contribution in [1.29, 1.82) is 5.26 Å². The van der Waals surface area contributed by atoms with Crippen LogP contribution in [0.25, 0.3) is 0 Å². The van der Waals surface area contributed by atoms with Crippen molar-refractivity contribution in [2.75, 3.05) is 4.90 Å². The van der Waals surface area contributed by atoms with Gasteiger partial charge in [0.25, 0.3) is 0 Å². The summed E-state index contributed by atoms with van der Waals surface area (Å²) in [5, 5.41) is 10.1. The molecule has 0 saturated carbocycles. The highest BCUT2D eigenvalue weighted by molar-refractivity contribution is 9.10. The Morgan fingerprint density at radius 2 is 1.87 bits per heavy atom. The number of nitrogens with zero attached hydrogens (tertiary/aromatic N) is 2. The van der Waals surface area contributed by atoms with Crippen LogP contribution in [0, 0.1) is 23.7 Å². The maximum atomic E-state index is 13.4. The number of Topliss-reactive ketones (excluding diaryl/α,β-unsaturated/α-hetero) is 1. The lowest BCUT2D eigenvalue weighted by atomic mass is 9.68. The van der Waals surface area contributed by atoms with E-state index >= 15 is 0 Å². The molecule has 1 aliphatic heterocycles. The van der Waals surface area contributed by atoms with Gasteiger partial charge in [0.15, 0.2) is 5.78 Å². The van der Waals surface area contributed by atoms with E-state index in [1.165, 1.54) is 0 Å². The second-order valence-electron chi connectivity index (χ2n) is 8.87. The fourth-order valence-electron chi connectivity index (χ4n) is 4.56. The third-order valence-electron chi connectivity index (χ3n) is 5.84. The molecule has 0 saturated heterocycles. The van der Waals surface area contributed by atoms with Crippen molar-refractivity contribution < 1.29 is 4.79 Å². The minimum absolute atomic E-state index is 0.0899. The van der Waals surface area contributed by atoms with Crippen LogP contribution in [0.2, 0.25) is 0 Å². The van der Waals surface area contributed by atoms with Gasteiger partial charge >= 0.3 is 0 Å². The fourth-order valence-corrected chi connectivity index (χ4v) is 4.82. The van der Waals surface area contributed by atoms with E-state index in [9.17, 15) is 10.1 Å². The number of allylic oxidation sites excluding steroid dienone is 3. The van der Waals surface area contributed by atoms with Crippen LogP contribution in [-0.2, 0) is 4.79 Å². The Morgan fingerprint density at radius 1 is 1.17 bits per heavy atom. The highest BCUT2D eigenvalue weighted by Gasteiger charge is 2.44. The standard InChI is InChI=1S/C25H24BrN3O/c1-15-5-4-6-18(11-15)29-20-12-25(2,3)13-21(30)23(20)22(19(14-27)24(29)28)16-7-9-17(26)10-8-16/h4-11,22H,12-13,28H2,1-3H3/t22-/m0/s1. The molecule has 2 aromatic rings. The van der Waals surface area contributed by atoms with E-state index in [2.05, 4.69) is 35.8 Å². The van der Waals surface area contributed by atoms with Gasteiger partial charge in [-0.05, 0) is 54.2 Å². The van der Waals surface area contributed by atoms with Gasteiger partial charge in [0.2, 0.25) is 0 Å². The summed E-state index contributed by atoms with van der Waals surface area (Å²) in [6.45, 7) is 6.24. The van der Waals surface area contributed by atoms with Crippen molar-refractivity contribution in [1.82, 2.24) is 0 Å².